The number of nitrogens with one attached hydrogen (secondary N) is 2. The van der Waals surface area contributed by atoms with Crippen molar-refractivity contribution in [3.63, 3.8) is 0 Å². The number of hydrogen-bond acceptors (Lipinski definition) is 3. The van der Waals surface area contributed by atoms with E-state index in [1.54, 1.807) is 0 Å². The third-order valence-corrected chi connectivity index (χ3v) is 5.35. The zero-order chi connectivity index (χ0) is 18.1. The normalized spacial score (nSPS) is 15.3. The zero-order valence-electron chi connectivity index (χ0n) is 14.1. The summed E-state index contributed by atoms with van der Waals surface area (Å²) in [6, 6.07) is 5.78. The first-order valence-electron chi connectivity index (χ1n) is 8.72. The molecular formula is C19H18Cl2N4O. The van der Waals surface area contributed by atoms with E-state index in [0.717, 1.165) is 47.8 Å². The first-order valence-corrected chi connectivity index (χ1v) is 9.48. The average molecular weight is 389 g/mol. The first-order chi connectivity index (χ1) is 12.6. The maximum atomic E-state index is 12.4. The number of carbonyl (C=O) groups is 1. The van der Waals surface area contributed by atoms with Crippen LogP contribution in [0.5, 0.6) is 0 Å². The van der Waals surface area contributed by atoms with Crippen LogP contribution in [0.2, 0.25) is 10.3 Å². The van der Waals surface area contributed by atoms with Gasteiger partial charge in [0, 0.05) is 34.3 Å². The van der Waals surface area contributed by atoms with E-state index < -0.39 is 0 Å². The number of carbonyl (C=O) groups excluding carboxylic acids is 1. The first kappa shape index (κ1) is 17.3. The van der Waals surface area contributed by atoms with Gasteiger partial charge in [0.15, 0.2) is 0 Å². The van der Waals surface area contributed by atoms with E-state index in [0.29, 0.717) is 10.7 Å². The van der Waals surface area contributed by atoms with Crippen LogP contribution < -0.4 is 5.32 Å². The van der Waals surface area contributed by atoms with Gasteiger partial charge in [0.25, 0.3) is 0 Å². The molecule has 1 aromatic carbocycles. The zero-order valence-corrected chi connectivity index (χ0v) is 15.6. The number of nitrogens with zero attached hydrogens (tertiary/aromatic N) is 2. The molecule has 1 fully saturated rings. The fourth-order valence-corrected chi connectivity index (χ4v) is 3.87. The van der Waals surface area contributed by atoms with Gasteiger partial charge in [-0.2, -0.15) is 0 Å². The van der Waals surface area contributed by atoms with Gasteiger partial charge in [-0.25, -0.2) is 9.97 Å². The summed E-state index contributed by atoms with van der Waals surface area (Å²) in [4.78, 5) is 23.8. The molecule has 4 rings (SSSR count). The number of aromatic amines is 1. The minimum Gasteiger partial charge on any atom is -0.360 e. The van der Waals surface area contributed by atoms with Gasteiger partial charge in [-0.15, -0.1) is 0 Å². The Morgan fingerprint density at radius 3 is 2.81 bits per heavy atom. The summed E-state index contributed by atoms with van der Waals surface area (Å²) in [5.41, 5.74) is 3.11. The predicted octanol–water partition coefficient (Wildman–Crippen LogP) is 5.45. The Balaban J connectivity index is 1.61. The molecule has 1 aliphatic rings. The number of anilines is 1. The topological polar surface area (TPSA) is 70.7 Å². The molecule has 0 saturated heterocycles. The van der Waals surface area contributed by atoms with Crippen LogP contribution in [0, 0.1) is 5.92 Å². The Hall–Kier alpha value is -2.11. The van der Waals surface area contributed by atoms with Crippen molar-refractivity contribution in [2.45, 2.75) is 32.1 Å². The third kappa shape index (κ3) is 3.41. The number of benzene rings is 1. The van der Waals surface area contributed by atoms with Crippen molar-refractivity contribution in [3.8, 4) is 11.3 Å². The van der Waals surface area contributed by atoms with Crippen molar-refractivity contribution in [1.82, 2.24) is 15.0 Å². The Morgan fingerprint density at radius 2 is 2.00 bits per heavy atom. The largest absolute Gasteiger partial charge is 0.360 e. The summed E-state index contributed by atoms with van der Waals surface area (Å²) >= 11 is 12.1. The molecule has 5 nitrogen and oxygen atoms in total. The summed E-state index contributed by atoms with van der Waals surface area (Å²) in [5.74, 6) is 0.238. The number of H-pyrrole nitrogens is 1. The van der Waals surface area contributed by atoms with Crippen LogP contribution in [-0.2, 0) is 4.79 Å². The molecule has 0 bridgehead atoms. The maximum absolute atomic E-state index is 12.4. The highest BCUT2D eigenvalue weighted by atomic mass is 35.5. The Bertz CT molecular complexity index is 963. The summed E-state index contributed by atoms with van der Waals surface area (Å²) < 4.78 is 0. The molecule has 0 unspecified atom stereocenters. The molecule has 1 saturated carbocycles. The predicted molar refractivity (Wildman–Crippen MR) is 105 cm³/mol. The van der Waals surface area contributed by atoms with Crippen LogP contribution in [-0.4, -0.2) is 20.9 Å². The lowest BCUT2D eigenvalue weighted by Gasteiger charge is -2.20. The minimum atomic E-state index is 0.112. The average Bonchev–Trinajstić information content (AvgIpc) is 3.07. The molecule has 2 aromatic heterocycles. The molecule has 1 aliphatic carbocycles. The van der Waals surface area contributed by atoms with Gasteiger partial charge in [0.2, 0.25) is 11.2 Å². The SMILES string of the molecule is O=C(Nc1ccc2c(-c3nc(Cl)ncc3Cl)c[nH]c2c1)C1CCCCC1. The van der Waals surface area contributed by atoms with Crippen molar-refractivity contribution in [3.05, 3.63) is 40.9 Å². The van der Waals surface area contributed by atoms with Gasteiger partial charge in [-0.05, 0) is 36.6 Å². The number of aromatic nitrogens is 3. The second-order valence-electron chi connectivity index (χ2n) is 6.62. The monoisotopic (exact) mass is 388 g/mol. The van der Waals surface area contributed by atoms with E-state index in [1.807, 2.05) is 24.4 Å². The number of halogens is 2. The standard InChI is InChI=1S/C19H18Cl2N4O/c20-15-10-23-19(21)25-17(15)14-9-22-16-8-12(6-7-13(14)16)24-18(26)11-4-2-1-3-5-11/h6-11,22H,1-5H2,(H,24,26). The maximum Gasteiger partial charge on any atom is 0.227 e. The van der Waals surface area contributed by atoms with Gasteiger partial charge in [-0.3, -0.25) is 4.79 Å². The molecule has 2 heterocycles. The fraction of sp³-hybridized carbons (Fsp3) is 0.316. The smallest absolute Gasteiger partial charge is 0.227 e. The Morgan fingerprint density at radius 1 is 1.19 bits per heavy atom. The third-order valence-electron chi connectivity index (χ3n) is 4.90. The number of fused-ring (bicyclic) bond motifs is 1. The molecule has 3 aromatic rings. The lowest BCUT2D eigenvalue weighted by Crippen LogP contribution is -2.24. The van der Waals surface area contributed by atoms with Crippen LogP contribution in [0.25, 0.3) is 22.2 Å². The summed E-state index contributed by atoms with van der Waals surface area (Å²) in [6.07, 6.45) is 8.79. The van der Waals surface area contributed by atoms with Crippen molar-refractivity contribution >= 4 is 45.7 Å². The van der Waals surface area contributed by atoms with Gasteiger partial charge in [0.05, 0.1) is 16.9 Å². The van der Waals surface area contributed by atoms with Crippen molar-refractivity contribution in [1.29, 1.82) is 0 Å². The number of amides is 1. The number of hydrogen-bond donors (Lipinski definition) is 2. The molecular weight excluding hydrogens is 371 g/mol. The van der Waals surface area contributed by atoms with Gasteiger partial charge in [-0.1, -0.05) is 36.9 Å². The van der Waals surface area contributed by atoms with E-state index >= 15 is 0 Å². The van der Waals surface area contributed by atoms with Crippen LogP contribution in [0.1, 0.15) is 32.1 Å². The summed E-state index contributed by atoms with van der Waals surface area (Å²) in [6.45, 7) is 0. The van der Waals surface area contributed by atoms with Crippen LogP contribution in [0.15, 0.2) is 30.6 Å². The van der Waals surface area contributed by atoms with E-state index in [4.69, 9.17) is 23.2 Å². The van der Waals surface area contributed by atoms with E-state index in [1.165, 1.54) is 12.6 Å². The highest BCUT2D eigenvalue weighted by molar-refractivity contribution is 6.34. The fourth-order valence-electron chi connectivity index (χ4n) is 3.54. The molecule has 0 atom stereocenters. The van der Waals surface area contributed by atoms with Crippen molar-refractivity contribution in [2.75, 3.05) is 5.32 Å². The van der Waals surface area contributed by atoms with Crippen LogP contribution in [0.3, 0.4) is 0 Å². The van der Waals surface area contributed by atoms with Gasteiger partial charge in [0.1, 0.15) is 0 Å². The Labute approximate surface area is 161 Å². The minimum absolute atomic E-state index is 0.112. The molecule has 0 radical (unpaired) electrons. The van der Waals surface area contributed by atoms with Crippen LogP contribution >= 0.6 is 23.2 Å². The molecule has 134 valence electrons. The molecule has 26 heavy (non-hydrogen) atoms. The lowest BCUT2D eigenvalue weighted by atomic mass is 9.88. The second kappa shape index (κ2) is 7.25. The van der Waals surface area contributed by atoms with Gasteiger partial charge < -0.3 is 10.3 Å². The quantitative estimate of drug-likeness (QED) is 0.585. The second-order valence-corrected chi connectivity index (χ2v) is 7.37. The van der Waals surface area contributed by atoms with E-state index in [-0.39, 0.29) is 17.1 Å². The molecule has 7 heteroatoms. The summed E-state index contributed by atoms with van der Waals surface area (Å²) in [5, 5.41) is 4.58. The summed E-state index contributed by atoms with van der Waals surface area (Å²) in [7, 11) is 0. The Kier molecular flexibility index (Phi) is 4.83. The molecule has 2 N–H and O–H groups in total. The molecule has 0 aliphatic heterocycles. The van der Waals surface area contributed by atoms with Crippen molar-refractivity contribution in [2.24, 2.45) is 5.92 Å². The van der Waals surface area contributed by atoms with E-state index in [9.17, 15) is 4.79 Å². The lowest BCUT2D eigenvalue weighted by molar-refractivity contribution is -0.120. The van der Waals surface area contributed by atoms with E-state index in [2.05, 4.69) is 20.3 Å². The molecule has 1 amide bonds. The molecule has 0 spiro atoms. The highest BCUT2D eigenvalue weighted by Gasteiger charge is 2.21. The highest BCUT2D eigenvalue weighted by Crippen LogP contribution is 2.33. The van der Waals surface area contributed by atoms with Gasteiger partial charge >= 0.3 is 0 Å². The van der Waals surface area contributed by atoms with Crippen LogP contribution in [0.4, 0.5) is 5.69 Å². The number of rotatable bonds is 3. The van der Waals surface area contributed by atoms with Crippen molar-refractivity contribution < 1.29 is 4.79 Å².